The maximum Gasteiger partial charge on any atom is 0.376 e. The van der Waals surface area contributed by atoms with Crippen LogP contribution in [0, 0.1) is 20.8 Å². The van der Waals surface area contributed by atoms with E-state index in [9.17, 15) is 4.79 Å². The SMILES string of the molecule is COC(=O)c1nc(C)cc(-n2nc(C)cc2C)n1. The number of esters is 1. The van der Waals surface area contributed by atoms with Crippen LogP contribution in [0.3, 0.4) is 0 Å². The first-order valence-electron chi connectivity index (χ1n) is 5.49. The van der Waals surface area contributed by atoms with Crippen molar-refractivity contribution in [3.63, 3.8) is 0 Å². The molecule has 18 heavy (non-hydrogen) atoms. The summed E-state index contributed by atoms with van der Waals surface area (Å²) >= 11 is 0. The molecule has 0 unspecified atom stereocenters. The van der Waals surface area contributed by atoms with Gasteiger partial charge < -0.3 is 4.74 Å². The maximum absolute atomic E-state index is 11.5. The largest absolute Gasteiger partial charge is 0.463 e. The zero-order valence-corrected chi connectivity index (χ0v) is 10.8. The van der Waals surface area contributed by atoms with Crippen LogP contribution in [0.25, 0.3) is 5.82 Å². The van der Waals surface area contributed by atoms with Crippen LogP contribution in [0.2, 0.25) is 0 Å². The average molecular weight is 246 g/mol. The second-order valence-corrected chi connectivity index (χ2v) is 4.02. The quantitative estimate of drug-likeness (QED) is 0.748. The predicted octanol–water partition coefficient (Wildman–Crippen LogP) is 1.37. The van der Waals surface area contributed by atoms with Crippen LogP contribution in [0.1, 0.15) is 27.7 Å². The van der Waals surface area contributed by atoms with Gasteiger partial charge in [0.2, 0.25) is 5.82 Å². The van der Waals surface area contributed by atoms with Gasteiger partial charge in [-0.3, -0.25) is 0 Å². The fourth-order valence-electron chi connectivity index (χ4n) is 1.70. The third-order valence-corrected chi connectivity index (χ3v) is 2.44. The molecule has 0 aliphatic rings. The van der Waals surface area contributed by atoms with E-state index < -0.39 is 5.97 Å². The molecule has 0 saturated carbocycles. The van der Waals surface area contributed by atoms with Crippen LogP contribution in [0.15, 0.2) is 12.1 Å². The molecule has 0 fully saturated rings. The van der Waals surface area contributed by atoms with E-state index >= 15 is 0 Å². The van der Waals surface area contributed by atoms with Gasteiger partial charge in [0.05, 0.1) is 12.8 Å². The van der Waals surface area contributed by atoms with E-state index in [2.05, 4.69) is 19.8 Å². The highest BCUT2D eigenvalue weighted by molar-refractivity contribution is 5.85. The lowest BCUT2D eigenvalue weighted by molar-refractivity contribution is 0.0586. The molecule has 6 heteroatoms. The highest BCUT2D eigenvalue weighted by Crippen LogP contribution is 2.11. The van der Waals surface area contributed by atoms with E-state index in [1.165, 1.54) is 7.11 Å². The van der Waals surface area contributed by atoms with Crippen LogP contribution in [-0.2, 0) is 4.74 Å². The molecule has 94 valence electrons. The van der Waals surface area contributed by atoms with E-state index in [1.54, 1.807) is 17.7 Å². The lowest BCUT2D eigenvalue weighted by Gasteiger charge is -2.06. The fraction of sp³-hybridized carbons (Fsp3) is 0.333. The number of rotatable bonds is 2. The van der Waals surface area contributed by atoms with Crippen molar-refractivity contribution in [2.75, 3.05) is 7.11 Å². The Hall–Kier alpha value is -2.24. The maximum atomic E-state index is 11.5. The molecule has 0 aliphatic heterocycles. The number of hydrogen-bond donors (Lipinski definition) is 0. The third-order valence-electron chi connectivity index (χ3n) is 2.44. The number of nitrogens with zero attached hydrogens (tertiary/aromatic N) is 4. The second kappa shape index (κ2) is 4.56. The van der Waals surface area contributed by atoms with Gasteiger partial charge >= 0.3 is 5.97 Å². The molecule has 0 bridgehead atoms. The summed E-state index contributed by atoms with van der Waals surface area (Å²) in [7, 11) is 1.30. The van der Waals surface area contributed by atoms with E-state index in [1.807, 2.05) is 19.9 Å². The fourth-order valence-corrected chi connectivity index (χ4v) is 1.70. The van der Waals surface area contributed by atoms with Gasteiger partial charge in [0.25, 0.3) is 0 Å². The molecule has 2 rings (SSSR count). The van der Waals surface area contributed by atoms with E-state index in [-0.39, 0.29) is 5.82 Å². The summed E-state index contributed by atoms with van der Waals surface area (Å²) in [6.45, 7) is 5.62. The first-order valence-corrected chi connectivity index (χ1v) is 5.49. The number of carbonyl (C=O) groups excluding carboxylic acids is 1. The summed E-state index contributed by atoms with van der Waals surface area (Å²) in [6, 6.07) is 3.71. The minimum absolute atomic E-state index is 0.0417. The number of carbonyl (C=O) groups is 1. The Morgan fingerprint density at radius 1 is 1.17 bits per heavy atom. The van der Waals surface area contributed by atoms with Gasteiger partial charge in [0.1, 0.15) is 0 Å². The molecule has 0 aliphatic carbocycles. The van der Waals surface area contributed by atoms with Crippen molar-refractivity contribution in [1.29, 1.82) is 0 Å². The summed E-state index contributed by atoms with van der Waals surface area (Å²) < 4.78 is 6.30. The second-order valence-electron chi connectivity index (χ2n) is 4.02. The van der Waals surface area contributed by atoms with Gasteiger partial charge in [0, 0.05) is 17.5 Å². The normalized spacial score (nSPS) is 10.4. The van der Waals surface area contributed by atoms with Crippen LogP contribution in [-0.4, -0.2) is 32.8 Å². The van der Waals surface area contributed by atoms with Gasteiger partial charge in [0.15, 0.2) is 5.82 Å². The van der Waals surface area contributed by atoms with Crippen molar-refractivity contribution >= 4 is 5.97 Å². The molecule has 2 heterocycles. The molecule has 0 amide bonds. The molecule has 2 aromatic rings. The monoisotopic (exact) mass is 246 g/mol. The van der Waals surface area contributed by atoms with Crippen molar-refractivity contribution in [2.45, 2.75) is 20.8 Å². The molecule has 0 spiro atoms. The first kappa shape index (κ1) is 12.2. The molecule has 0 aromatic carbocycles. The summed E-state index contributed by atoms with van der Waals surface area (Å²) in [5, 5.41) is 4.32. The topological polar surface area (TPSA) is 69.9 Å². The lowest BCUT2D eigenvalue weighted by atomic mass is 10.4. The Labute approximate surface area is 105 Å². The summed E-state index contributed by atoms with van der Waals surface area (Å²) in [6.07, 6.45) is 0. The zero-order chi connectivity index (χ0) is 13.3. The Morgan fingerprint density at radius 3 is 2.44 bits per heavy atom. The van der Waals surface area contributed by atoms with Crippen molar-refractivity contribution in [3.8, 4) is 5.82 Å². The van der Waals surface area contributed by atoms with E-state index in [0.29, 0.717) is 11.5 Å². The van der Waals surface area contributed by atoms with Crippen LogP contribution in [0.5, 0.6) is 0 Å². The number of aromatic nitrogens is 4. The molecular formula is C12H14N4O2. The first-order chi connectivity index (χ1) is 8.51. The Morgan fingerprint density at radius 2 is 1.89 bits per heavy atom. The van der Waals surface area contributed by atoms with Crippen molar-refractivity contribution in [2.24, 2.45) is 0 Å². The zero-order valence-electron chi connectivity index (χ0n) is 10.8. The highest BCUT2D eigenvalue weighted by Gasteiger charge is 2.13. The predicted molar refractivity (Wildman–Crippen MR) is 64.7 cm³/mol. The van der Waals surface area contributed by atoms with Crippen molar-refractivity contribution in [3.05, 3.63) is 35.0 Å². The number of ether oxygens (including phenoxy) is 1. The third kappa shape index (κ3) is 2.22. The van der Waals surface area contributed by atoms with Crippen LogP contribution >= 0.6 is 0 Å². The van der Waals surface area contributed by atoms with Crippen LogP contribution < -0.4 is 0 Å². The van der Waals surface area contributed by atoms with Gasteiger partial charge in [-0.25, -0.2) is 19.4 Å². The summed E-state index contributed by atoms with van der Waals surface area (Å²) in [4.78, 5) is 19.7. The Kier molecular flexibility index (Phi) is 3.10. The van der Waals surface area contributed by atoms with Gasteiger partial charge in [-0.05, 0) is 26.8 Å². The molecule has 6 nitrogen and oxygen atoms in total. The number of methoxy groups -OCH3 is 1. The average Bonchev–Trinajstić information content (AvgIpc) is 2.66. The molecule has 0 radical (unpaired) electrons. The van der Waals surface area contributed by atoms with Crippen LogP contribution in [0.4, 0.5) is 0 Å². The summed E-state index contributed by atoms with van der Waals surface area (Å²) in [5.41, 5.74) is 2.53. The molecular weight excluding hydrogens is 232 g/mol. The lowest BCUT2D eigenvalue weighted by Crippen LogP contribution is -2.12. The molecule has 0 saturated heterocycles. The van der Waals surface area contributed by atoms with Gasteiger partial charge in [-0.1, -0.05) is 0 Å². The summed E-state index contributed by atoms with van der Waals surface area (Å²) in [5.74, 6) is 0.0510. The van der Waals surface area contributed by atoms with Crippen molar-refractivity contribution < 1.29 is 9.53 Å². The van der Waals surface area contributed by atoms with E-state index in [4.69, 9.17) is 0 Å². The molecule has 2 aromatic heterocycles. The Balaban J connectivity index is 2.55. The standard InChI is InChI=1S/C12H14N4O2/c1-7-6-10(14-11(13-7)12(17)18-4)16-9(3)5-8(2)15-16/h5-6H,1-4H3. The van der Waals surface area contributed by atoms with Gasteiger partial charge in [-0.2, -0.15) is 5.10 Å². The van der Waals surface area contributed by atoms with E-state index in [0.717, 1.165) is 11.4 Å². The molecule has 0 N–H and O–H groups in total. The smallest absolute Gasteiger partial charge is 0.376 e. The van der Waals surface area contributed by atoms with Gasteiger partial charge in [-0.15, -0.1) is 0 Å². The minimum Gasteiger partial charge on any atom is -0.463 e. The molecule has 0 atom stereocenters. The number of hydrogen-bond acceptors (Lipinski definition) is 5. The van der Waals surface area contributed by atoms with Crippen molar-refractivity contribution in [1.82, 2.24) is 19.7 Å². The Bertz CT molecular complexity index is 604. The number of aryl methyl sites for hydroxylation is 3. The minimum atomic E-state index is -0.554. The highest BCUT2D eigenvalue weighted by atomic mass is 16.5.